The number of rotatable bonds is 5. The summed E-state index contributed by atoms with van der Waals surface area (Å²) in [5.41, 5.74) is -0.377. The van der Waals surface area contributed by atoms with Crippen LogP contribution in [0.25, 0.3) is 0 Å². The van der Waals surface area contributed by atoms with Crippen LogP contribution in [0.5, 0.6) is 0 Å². The molecule has 1 aliphatic rings. The molecule has 0 unspecified atom stereocenters. The van der Waals surface area contributed by atoms with Crippen LogP contribution in [-0.4, -0.2) is 37.3 Å². The van der Waals surface area contributed by atoms with Gasteiger partial charge < -0.3 is 5.32 Å². The summed E-state index contributed by atoms with van der Waals surface area (Å²) in [7, 11) is -1.16. The summed E-state index contributed by atoms with van der Waals surface area (Å²) in [6, 6.07) is 5.74. The van der Waals surface area contributed by atoms with E-state index in [9.17, 15) is 13.2 Å². The second-order valence-electron chi connectivity index (χ2n) is 5.29. The number of carbonyl (C=O) groups is 1. The van der Waals surface area contributed by atoms with Crippen molar-refractivity contribution in [3.8, 4) is 0 Å². The van der Waals surface area contributed by atoms with Crippen molar-refractivity contribution in [3.63, 3.8) is 0 Å². The number of hydroxylamine groups is 1. The van der Waals surface area contributed by atoms with Gasteiger partial charge >= 0.3 is 0 Å². The van der Waals surface area contributed by atoms with Crippen LogP contribution in [0, 0.1) is 5.41 Å². The maximum atomic E-state index is 12.1. The average Bonchev–Trinajstić information content (AvgIpc) is 2.98. The Morgan fingerprint density at radius 3 is 2.23 bits per heavy atom. The summed E-state index contributed by atoms with van der Waals surface area (Å²) >= 11 is 11.9. The zero-order valence-electron chi connectivity index (χ0n) is 12.3. The van der Waals surface area contributed by atoms with Gasteiger partial charge in [0.2, 0.25) is 5.91 Å². The number of nitrogens with one attached hydrogen (secondary N) is 1. The van der Waals surface area contributed by atoms with Gasteiger partial charge in [0.05, 0.1) is 17.4 Å². The molecule has 122 valence electrons. The number of anilines is 1. The molecule has 0 aliphatic heterocycles. The minimum absolute atomic E-state index is 0.0523. The Balaban J connectivity index is 2.12. The highest BCUT2D eigenvalue weighted by Crippen LogP contribution is 2.64. The monoisotopic (exact) mass is 366 g/mol. The van der Waals surface area contributed by atoms with E-state index in [4.69, 9.17) is 23.2 Å². The maximum absolute atomic E-state index is 12.1. The van der Waals surface area contributed by atoms with E-state index in [1.165, 1.54) is 38.4 Å². The van der Waals surface area contributed by atoms with Crippen molar-refractivity contribution in [1.29, 1.82) is 0 Å². The molecule has 1 fully saturated rings. The van der Waals surface area contributed by atoms with E-state index in [0.29, 0.717) is 12.1 Å². The third-order valence-electron chi connectivity index (χ3n) is 3.76. The molecule has 1 amide bonds. The van der Waals surface area contributed by atoms with E-state index in [2.05, 4.69) is 10.2 Å². The Bertz CT molecular complexity index is 690. The van der Waals surface area contributed by atoms with Gasteiger partial charge in [0.15, 0.2) is 0 Å². The van der Waals surface area contributed by atoms with Crippen LogP contribution in [0.3, 0.4) is 0 Å². The Morgan fingerprint density at radius 2 is 1.82 bits per heavy atom. The van der Waals surface area contributed by atoms with E-state index in [1.54, 1.807) is 6.92 Å². The van der Waals surface area contributed by atoms with Crippen LogP contribution >= 0.6 is 23.2 Å². The standard InChI is InChI=1S/C13H16Cl2N2O4S/c1-12(8-13(12,14)15)11(18)16-9-4-6-10(7-5-9)22(19,20)17(2)21-3/h4-7H,8H2,1-3H3,(H,16,18)/t12-/m1/s1. The van der Waals surface area contributed by atoms with Crippen molar-refractivity contribution < 1.29 is 18.0 Å². The minimum atomic E-state index is -3.71. The van der Waals surface area contributed by atoms with Gasteiger partial charge in [-0.1, -0.05) is 4.47 Å². The Morgan fingerprint density at radius 1 is 1.32 bits per heavy atom. The lowest BCUT2D eigenvalue weighted by molar-refractivity contribution is -0.120. The highest BCUT2D eigenvalue weighted by atomic mass is 35.5. The summed E-state index contributed by atoms with van der Waals surface area (Å²) in [6.45, 7) is 1.68. The lowest BCUT2D eigenvalue weighted by Gasteiger charge is -2.15. The summed E-state index contributed by atoms with van der Waals surface area (Å²) in [5, 5.41) is 2.67. The first-order chi connectivity index (χ1) is 10.0. The molecule has 1 aromatic carbocycles. The van der Waals surface area contributed by atoms with Gasteiger partial charge in [-0.3, -0.25) is 9.63 Å². The zero-order valence-corrected chi connectivity index (χ0v) is 14.6. The quantitative estimate of drug-likeness (QED) is 0.641. The number of hydrogen-bond acceptors (Lipinski definition) is 4. The highest BCUT2D eigenvalue weighted by Gasteiger charge is 2.67. The topological polar surface area (TPSA) is 75.7 Å². The number of sulfonamides is 1. The number of benzene rings is 1. The number of halogens is 2. The molecule has 0 aromatic heterocycles. The lowest BCUT2D eigenvalue weighted by Crippen LogP contribution is -2.26. The fraction of sp³-hybridized carbons (Fsp3) is 0.462. The molecular weight excluding hydrogens is 351 g/mol. The van der Waals surface area contributed by atoms with Crippen molar-refractivity contribution in [1.82, 2.24) is 4.47 Å². The van der Waals surface area contributed by atoms with Gasteiger partial charge in [0.25, 0.3) is 10.0 Å². The number of amides is 1. The zero-order chi connectivity index (χ0) is 16.8. The fourth-order valence-electron chi connectivity index (χ4n) is 1.87. The summed E-state index contributed by atoms with van der Waals surface area (Å²) in [4.78, 5) is 16.9. The van der Waals surface area contributed by atoms with Crippen LogP contribution in [-0.2, 0) is 19.7 Å². The van der Waals surface area contributed by atoms with Gasteiger partial charge in [-0.25, -0.2) is 8.42 Å². The van der Waals surface area contributed by atoms with E-state index >= 15 is 0 Å². The Kier molecular flexibility index (Phi) is 4.49. The van der Waals surface area contributed by atoms with Crippen LogP contribution in [0.2, 0.25) is 0 Å². The smallest absolute Gasteiger partial charge is 0.264 e. The van der Waals surface area contributed by atoms with Crippen LogP contribution < -0.4 is 5.32 Å². The van der Waals surface area contributed by atoms with Gasteiger partial charge in [-0.2, -0.15) is 0 Å². The first-order valence-corrected chi connectivity index (χ1v) is 8.56. The van der Waals surface area contributed by atoms with Crippen LogP contribution in [0.4, 0.5) is 5.69 Å². The Labute approximate surface area is 139 Å². The SMILES string of the molecule is CON(C)S(=O)(=O)c1ccc(NC(=O)[C@@]2(C)CC2(Cl)Cl)cc1. The molecule has 6 nitrogen and oxygen atoms in total. The summed E-state index contributed by atoms with van der Waals surface area (Å²) in [6.07, 6.45) is 0.375. The van der Waals surface area contributed by atoms with E-state index in [-0.39, 0.29) is 10.8 Å². The third kappa shape index (κ3) is 2.96. The second-order valence-corrected chi connectivity index (χ2v) is 8.71. The number of alkyl halides is 2. The highest BCUT2D eigenvalue weighted by molar-refractivity contribution is 7.89. The number of carbonyl (C=O) groups excluding carboxylic acids is 1. The van der Waals surface area contributed by atoms with Crippen molar-refractivity contribution >= 4 is 44.8 Å². The molecule has 0 heterocycles. The molecule has 22 heavy (non-hydrogen) atoms. The molecule has 2 rings (SSSR count). The molecule has 0 saturated heterocycles. The van der Waals surface area contributed by atoms with Crippen molar-refractivity contribution in [2.45, 2.75) is 22.6 Å². The average molecular weight is 367 g/mol. The second kappa shape index (κ2) is 5.65. The maximum Gasteiger partial charge on any atom is 0.264 e. The predicted molar refractivity (Wildman–Crippen MR) is 84.2 cm³/mol. The van der Waals surface area contributed by atoms with E-state index in [1.807, 2.05) is 0 Å². The molecule has 0 bridgehead atoms. The van der Waals surface area contributed by atoms with E-state index < -0.39 is 19.8 Å². The molecule has 1 aliphatic carbocycles. The minimum Gasteiger partial charge on any atom is -0.326 e. The molecule has 1 atom stereocenters. The number of nitrogens with zero attached hydrogens (tertiary/aromatic N) is 1. The normalized spacial score (nSPS) is 23.4. The molecule has 1 saturated carbocycles. The molecule has 1 aromatic rings. The van der Waals surface area contributed by atoms with Gasteiger partial charge in [0, 0.05) is 12.7 Å². The largest absolute Gasteiger partial charge is 0.326 e. The van der Waals surface area contributed by atoms with Gasteiger partial charge in [-0.15, -0.1) is 23.2 Å². The summed E-state index contributed by atoms with van der Waals surface area (Å²) in [5.74, 6) is -0.304. The van der Waals surface area contributed by atoms with Crippen molar-refractivity contribution in [2.75, 3.05) is 19.5 Å². The number of hydrogen-bond donors (Lipinski definition) is 1. The van der Waals surface area contributed by atoms with Crippen molar-refractivity contribution in [2.24, 2.45) is 5.41 Å². The van der Waals surface area contributed by atoms with Crippen LogP contribution in [0.15, 0.2) is 29.2 Å². The first kappa shape index (κ1) is 17.5. The Hall–Kier alpha value is -0.860. The molecule has 0 spiro atoms. The molecular formula is C13H16Cl2N2O4S. The molecule has 9 heteroatoms. The van der Waals surface area contributed by atoms with E-state index in [0.717, 1.165) is 4.47 Å². The molecule has 1 N–H and O–H groups in total. The van der Waals surface area contributed by atoms with Crippen molar-refractivity contribution in [3.05, 3.63) is 24.3 Å². The van der Waals surface area contributed by atoms with Crippen LogP contribution in [0.1, 0.15) is 13.3 Å². The first-order valence-electron chi connectivity index (χ1n) is 6.37. The summed E-state index contributed by atoms with van der Waals surface area (Å²) < 4.78 is 23.8. The van der Waals surface area contributed by atoms with Gasteiger partial charge in [0.1, 0.15) is 4.33 Å². The lowest BCUT2D eigenvalue weighted by atomic mass is 10.1. The predicted octanol–water partition coefficient (Wildman–Crippen LogP) is 2.39. The third-order valence-corrected chi connectivity index (χ3v) is 6.56. The van der Waals surface area contributed by atoms with Gasteiger partial charge in [-0.05, 0) is 37.6 Å². The molecule has 0 radical (unpaired) electrons. The fourth-order valence-corrected chi connectivity index (χ4v) is 3.55.